The Kier molecular flexibility index (Phi) is 7.26. The van der Waals surface area contributed by atoms with Crippen LogP contribution in [0.3, 0.4) is 0 Å². The quantitative estimate of drug-likeness (QED) is 0.365. The number of fused-ring (bicyclic) bond motifs is 3. The number of amides is 1. The number of alkyl carbamates (subject to hydrolysis) is 1. The molecule has 2 aliphatic rings. The van der Waals surface area contributed by atoms with Crippen LogP contribution in [0, 0.1) is 23.0 Å². The number of hydrogen-bond donors (Lipinski definition) is 1. The maximum absolute atomic E-state index is 14.1. The summed E-state index contributed by atoms with van der Waals surface area (Å²) in [4.78, 5) is 12.9. The lowest BCUT2D eigenvalue weighted by molar-refractivity contribution is 0.00578. The van der Waals surface area contributed by atoms with Gasteiger partial charge in [0.2, 0.25) is 0 Å². The van der Waals surface area contributed by atoms with Gasteiger partial charge in [-0.2, -0.15) is 5.26 Å². The van der Waals surface area contributed by atoms with Gasteiger partial charge in [0.15, 0.2) is 11.6 Å². The Morgan fingerprint density at radius 1 is 1.00 bits per heavy atom. The molecule has 1 saturated heterocycles. The second kappa shape index (κ2) is 10.5. The van der Waals surface area contributed by atoms with Crippen molar-refractivity contribution < 1.29 is 27.6 Å². The molecule has 1 aliphatic heterocycles. The molecule has 1 amide bonds. The lowest BCUT2D eigenvalue weighted by Crippen LogP contribution is -2.41. The molecule has 0 atom stereocenters. The molecule has 0 unspecified atom stereocenters. The van der Waals surface area contributed by atoms with Gasteiger partial charge < -0.3 is 19.4 Å². The van der Waals surface area contributed by atoms with Gasteiger partial charge in [-0.15, -0.1) is 0 Å². The monoisotopic (exact) mass is 542 g/mol. The van der Waals surface area contributed by atoms with Gasteiger partial charge in [-0.05, 0) is 73.1 Å². The minimum atomic E-state index is -1.12. The summed E-state index contributed by atoms with van der Waals surface area (Å²) in [7, 11) is -0.904. The van der Waals surface area contributed by atoms with Crippen molar-refractivity contribution in [1.29, 1.82) is 5.26 Å². The summed E-state index contributed by atoms with van der Waals surface area (Å²) in [6.45, 7) is 7.57. The van der Waals surface area contributed by atoms with E-state index in [1.165, 1.54) is 6.08 Å². The highest BCUT2D eigenvalue weighted by molar-refractivity contribution is 6.56. The molecular formula is C31H29BF2N2O4. The summed E-state index contributed by atoms with van der Waals surface area (Å²) in [5, 5.41) is 12.2. The molecule has 1 N–H and O–H groups in total. The van der Waals surface area contributed by atoms with E-state index < -0.39 is 36.0 Å². The van der Waals surface area contributed by atoms with Crippen LogP contribution in [-0.4, -0.2) is 37.6 Å². The van der Waals surface area contributed by atoms with Crippen molar-refractivity contribution in [3.05, 3.63) is 100 Å². The van der Waals surface area contributed by atoms with Crippen molar-refractivity contribution >= 4 is 19.3 Å². The SMILES string of the molecule is CC1(C)OB(C(=Cc2cc(F)c(F)cc2C#N)CNC(=O)OCC2c3ccccc3-c3ccccc32)OC1(C)C. The first-order chi connectivity index (χ1) is 19.0. The lowest BCUT2D eigenvalue weighted by atomic mass is 9.76. The summed E-state index contributed by atoms with van der Waals surface area (Å²) in [6, 6.07) is 19.7. The van der Waals surface area contributed by atoms with Gasteiger partial charge in [0.05, 0.1) is 22.8 Å². The van der Waals surface area contributed by atoms with E-state index in [0.29, 0.717) is 5.47 Å². The van der Waals surface area contributed by atoms with Crippen molar-refractivity contribution in [3.63, 3.8) is 0 Å². The van der Waals surface area contributed by atoms with Gasteiger partial charge in [-0.25, -0.2) is 13.6 Å². The first-order valence-electron chi connectivity index (χ1n) is 13.0. The number of nitrogens with one attached hydrogen (secondary N) is 1. The highest BCUT2D eigenvalue weighted by Crippen LogP contribution is 2.44. The van der Waals surface area contributed by atoms with E-state index in [1.807, 2.05) is 70.2 Å². The molecule has 204 valence electrons. The molecule has 3 aromatic carbocycles. The zero-order chi connectivity index (χ0) is 28.7. The summed E-state index contributed by atoms with van der Waals surface area (Å²) in [6.07, 6.45) is 0.822. The number of nitrogens with zero attached hydrogens (tertiary/aromatic N) is 1. The van der Waals surface area contributed by atoms with Gasteiger partial charge in [0.25, 0.3) is 0 Å². The zero-order valence-electron chi connectivity index (χ0n) is 22.8. The Balaban J connectivity index is 1.35. The van der Waals surface area contributed by atoms with Crippen LogP contribution in [-0.2, 0) is 14.0 Å². The van der Waals surface area contributed by atoms with Crippen molar-refractivity contribution in [2.45, 2.75) is 44.8 Å². The molecule has 1 heterocycles. The number of carbonyl (C=O) groups excluding carboxylic acids is 1. The topological polar surface area (TPSA) is 80.6 Å². The molecule has 0 aromatic heterocycles. The summed E-state index contributed by atoms with van der Waals surface area (Å²) in [5.74, 6) is -2.32. The Morgan fingerprint density at radius 3 is 2.12 bits per heavy atom. The van der Waals surface area contributed by atoms with Crippen molar-refractivity contribution in [2.75, 3.05) is 13.2 Å². The Bertz CT molecular complexity index is 1490. The van der Waals surface area contributed by atoms with E-state index in [1.54, 1.807) is 0 Å². The normalized spacial score (nSPS) is 17.2. The van der Waals surface area contributed by atoms with Gasteiger partial charge in [-0.3, -0.25) is 0 Å². The largest absolute Gasteiger partial charge is 0.492 e. The fraction of sp³-hybridized carbons (Fsp3) is 0.290. The van der Waals surface area contributed by atoms with Gasteiger partial charge in [-0.1, -0.05) is 54.6 Å². The van der Waals surface area contributed by atoms with E-state index in [9.17, 15) is 18.8 Å². The summed E-state index contributed by atoms with van der Waals surface area (Å²) in [5.41, 5.74) is 3.55. The maximum Gasteiger partial charge on any atom is 0.492 e. The Hall–Kier alpha value is -4.00. The molecule has 0 spiro atoms. The second-order valence-corrected chi connectivity index (χ2v) is 11.0. The van der Waals surface area contributed by atoms with Crippen LogP contribution in [0.1, 0.15) is 55.9 Å². The molecule has 6 nitrogen and oxygen atoms in total. The number of carbonyl (C=O) groups is 1. The van der Waals surface area contributed by atoms with Crippen LogP contribution in [0.4, 0.5) is 13.6 Å². The van der Waals surface area contributed by atoms with Crippen LogP contribution in [0.15, 0.2) is 66.1 Å². The zero-order valence-corrected chi connectivity index (χ0v) is 22.8. The molecule has 5 rings (SSSR count). The van der Waals surface area contributed by atoms with E-state index >= 15 is 0 Å². The molecule has 1 aliphatic carbocycles. The van der Waals surface area contributed by atoms with E-state index in [4.69, 9.17) is 14.0 Å². The van der Waals surface area contributed by atoms with Crippen LogP contribution in [0.2, 0.25) is 0 Å². The van der Waals surface area contributed by atoms with Crippen LogP contribution < -0.4 is 5.32 Å². The van der Waals surface area contributed by atoms with E-state index in [0.717, 1.165) is 34.4 Å². The third kappa shape index (κ3) is 5.13. The van der Waals surface area contributed by atoms with Crippen molar-refractivity contribution in [1.82, 2.24) is 5.32 Å². The first kappa shape index (κ1) is 27.6. The molecular weight excluding hydrogens is 513 g/mol. The Morgan fingerprint density at radius 2 is 1.55 bits per heavy atom. The third-order valence-electron chi connectivity index (χ3n) is 7.89. The molecule has 3 aromatic rings. The van der Waals surface area contributed by atoms with E-state index in [-0.39, 0.29) is 30.2 Å². The summed E-state index contributed by atoms with van der Waals surface area (Å²) < 4.78 is 45.8. The van der Waals surface area contributed by atoms with Crippen LogP contribution >= 0.6 is 0 Å². The molecule has 0 bridgehead atoms. The van der Waals surface area contributed by atoms with Gasteiger partial charge >= 0.3 is 13.2 Å². The van der Waals surface area contributed by atoms with Gasteiger partial charge in [0.1, 0.15) is 6.61 Å². The number of hydrogen-bond acceptors (Lipinski definition) is 5. The Labute approximate surface area is 232 Å². The average Bonchev–Trinajstić information content (AvgIpc) is 3.35. The molecule has 40 heavy (non-hydrogen) atoms. The standard InChI is InChI=1S/C31H29BF2N2O4/c1-30(2)31(3,4)40-32(39-30)21(13-19-14-27(33)28(34)15-20(19)16-35)17-36-29(37)38-18-26-24-11-7-5-9-22(24)23-10-6-8-12-25(23)26/h5-15,26H,17-18H2,1-4H3,(H,36,37). The number of nitriles is 1. The maximum atomic E-state index is 14.1. The number of halogens is 2. The molecule has 9 heteroatoms. The summed E-state index contributed by atoms with van der Waals surface area (Å²) >= 11 is 0. The first-order valence-corrected chi connectivity index (χ1v) is 13.0. The number of benzene rings is 3. The second-order valence-electron chi connectivity index (χ2n) is 11.0. The van der Waals surface area contributed by atoms with E-state index in [2.05, 4.69) is 17.4 Å². The smallest absolute Gasteiger partial charge is 0.449 e. The van der Waals surface area contributed by atoms with Crippen LogP contribution in [0.25, 0.3) is 17.2 Å². The van der Waals surface area contributed by atoms with Crippen molar-refractivity contribution in [2.24, 2.45) is 0 Å². The van der Waals surface area contributed by atoms with Crippen molar-refractivity contribution in [3.8, 4) is 17.2 Å². The fourth-order valence-electron chi connectivity index (χ4n) is 5.00. The predicted octanol–water partition coefficient (Wildman–Crippen LogP) is 6.39. The minimum absolute atomic E-state index is 0.0611. The highest BCUT2D eigenvalue weighted by atomic mass is 19.2. The van der Waals surface area contributed by atoms with Crippen LogP contribution in [0.5, 0.6) is 0 Å². The third-order valence-corrected chi connectivity index (χ3v) is 7.89. The minimum Gasteiger partial charge on any atom is -0.449 e. The highest BCUT2D eigenvalue weighted by Gasteiger charge is 2.52. The molecule has 0 radical (unpaired) electrons. The fourth-order valence-corrected chi connectivity index (χ4v) is 5.00. The number of rotatable bonds is 6. The predicted molar refractivity (Wildman–Crippen MR) is 148 cm³/mol. The molecule has 0 saturated carbocycles. The number of ether oxygens (including phenoxy) is 1. The lowest BCUT2D eigenvalue weighted by Gasteiger charge is -2.32. The van der Waals surface area contributed by atoms with Gasteiger partial charge in [0, 0.05) is 12.5 Å². The molecule has 1 fully saturated rings. The average molecular weight is 542 g/mol.